The number of carbonyl (C=O) groups excluding carboxylic acids is 1. The van der Waals surface area contributed by atoms with Gasteiger partial charge in [-0.05, 0) is 19.8 Å². The van der Waals surface area contributed by atoms with Crippen molar-refractivity contribution in [3.8, 4) is 0 Å². The third-order valence-electron chi connectivity index (χ3n) is 2.74. The predicted molar refractivity (Wildman–Crippen MR) is 57.1 cm³/mol. The van der Waals surface area contributed by atoms with Gasteiger partial charge >= 0.3 is 6.03 Å². The lowest BCUT2D eigenvalue weighted by atomic mass is 10.1. The van der Waals surface area contributed by atoms with E-state index in [0.717, 1.165) is 19.4 Å². The van der Waals surface area contributed by atoms with Crippen LogP contribution in [0.4, 0.5) is 4.79 Å². The standard InChI is InChI=1S/C10H21N3O/c1-2-12-10(14)13-7-5-3-4-6-9(13)8-11/h9H,2-8,11H2,1H3,(H,12,14). The molecule has 1 heterocycles. The molecule has 0 aromatic rings. The molecule has 0 aromatic heterocycles. The second-order valence-electron chi connectivity index (χ2n) is 3.77. The van der Waals surface area contributed by atoms with E-state index in [0.29, 0.717) is 13.1 Å². The van der Waals surface area contributed by atoms with Crippen LogP contribution in [0, 0.1) is 0 Å². The second-order valence-corrected chi connectivity index (χ2v) is 3.77. The average molecular weight is 199 g/mol. The largest absolute Gasteiger partial charge is 0.338 e. The molecule has 2 amide bonds. The summed E-state index contributed by atoms with van der Waals surface area (Å²) in [4.78, 5) is 13.6. The molecule has 0 aliphatic carbocycles. The summed E-state index contributed by atoms with van der Waals surface area (Å²) in [7, 11) is 0. The Kier molecular flexibility index (Phi) is 4.73. The van der Waals surface area contributed by atoms with Crippen LogP contribution in [0.15, 0.2) is 0 Å². The van der Waals surface area contributed by atoms with Gasteiger partial charge in [-0.3, -0.25) is 0 Å². The van der Waals surface area contributed by atoms with Crippen LogP contribution in [0.3, 0.4) is 0 Å². The highest BCUT2D eigenvalue weighted by atomic mass is 16.2. The number of hydrogen-bond donors (Lipinski definition) is 2. The number of carbonyl (C=O) groups is 1. The van der Waals surface area contributed by atoms with Gasteiger partial charge in [0, 0.05) is 25.7 Å². The van der Waals surface area contributed by atoms with E-state index in [4.69, 9.17) is 5.73 Å². The molecule has 0 radical (unpaired) electrons. The van der Waals surface area contributed by atoms with Crippen LogP contribution >= 0.6 is 0 Å². The van der Waals surface area contributed by atoms with Crippen LogP contribution in [0.25, 0.3) is 0 Å². The average Bonchev–Trinajstić information content (AvgIpc) is 2.42. The van der Waals surface area contributed by atoms with Gasteiger partial charge in [0.25, 0.3) is 0 Å². The highest BCUT2D eigenvalue weighted by molar-refractivity contribution is 5.74. The summed E-state index contributed by atoms with van der Waals surface area (Å²) < 4.78 is 0. The SMILES string of the molecule is CCNC(=O)N1CCCCCC1CN. The Morgan fingerprint density at radius 3 is 2.93 bits per heavy atom. The zero-order valence-corrected chi connectivity index (χ0v) is 8.96. The third kappa shape index (κ3) is 2.87. The van der Waals surface area contributed by atoms with E-state index >= 15 is 0 Å². The molecule has 0 spiro atoms. The molecule has 1 unspecified atom stereocenters. The van der Waals surface area contributed by atoms with E-state index in [9.17, 15) is 4.79 Å². The van der Waals surface area contributed by atoms with Crippen LogP contribution in [-0.2, 0) is 0 Å². The fraction of sp³-hybridized carbons (Fsp3) is 0.900. The normalized spacial score (nSPS) is 23.0. The highest BCUT2D eigenvalue weighted by Crippen LogP contribution is 2.15. The van der Waals surface area contributed by atoms with E-state index in [-0.39, 0.29) is 12.1 Å². The van der Waals surface area contributed by atoms with E-state index in [2.05, 4.69) is 5.32 Å². The molecule has 1 aliphatic heterocycles. The van der Waals surface area contributed by atoms with Crippen LogP contribution < -0.4 is 11.1 Å². The summed E-state index contributed by atoms with van der Waals surface area (Å²) in [5.41, 5.74) is 5.68. The summed E-state index contributed by atoms with van der Waals surface area (Å²) >= 11 is 0. The molecule has 3 N–H and O–H groups in total. The zero-order chi connectivity index (χ0) is 10.4. The molecule has 14 heavy (non-hydrogen) atoms. The van der Waals surface area contributed by atoms with E-state index in [1.54, 1.807) is 0 Å². The van der Waals surface area contributed by atoms with Gasteiger partial charge in [-0.1, -0.05) is 12.8 Å². The van der Waals surface area contributed by atoms with Gasteiger partial charge in [0.05, 0.1) is 0 Å². The number of nitrogens with zero attached hydrogens (tertiary/aromatic N) is 1. The van der Waals surface area contributed by atoms with E-state index in [1.807, 2.05) is 11.8 Å². The molecule has 4 nitrogen and oxygen atoms in total. The first-order valence-corrected chi connectivity index (χ1v) is 5.54. The maximum Gasteiger partial charge on any atom is 0.317 e. The minimum atomic E-state index is 0.0462. The molecule has 1 aliphatic rings. The fourth-order valence-corrected chi connectivity index (χ4v) is 1.94. The molecule has 4 heteroatoms. The quantitative estimate of drug-likeness (QED) is 0.694. The van der Waals surface area contributed by atoms with Crippen molar-refractivity contribution in [2.75, 3.05) is 19.6 Å². The van der Waals surface area contributed by atoms with Crippen molar-refractivity contribution in [1.29, 1.82) is 0 Å². The summed E-state index contributed by atoms with van der Waals surface area (Å²) in [6.45, 7) is 4.06. The maximum atomic E-state index is 11.7. The maximum absolute atomic E-state index is 11.7. The first kappa shape index (κ1) is 11.3. The first-order valence-electron chi connectivity index (χ1n) is 5.54. The van der Waals surface area contributed by atoms with Crippen molar-refractivity contribution in [2.24, 2.45) is 5.73 Å². The van der Waals surface area contributed by atoms with Crippen molar-refractivity contribution < 1.29 is 4.79 Å². The summed E-state index contributed by atoms with van der Waals surface area (Å²) in [6, 6.07) is 0.286. The Bertz CT molecular complexity index is 184. The van der Waals surface area contributed by atoms with Crippen LogP contribution in [0.5, 0.6) is 0 Å². The molecule has 82 valence electrons. The number of hydrogen-bond acceptors (Lipinski definition) is 2. The van der Waals surface area contributed by atoms with Gasteiger partial charge in [-0.25, -0.2) is 4.79 Å². The molecule has 1 fully saturated rings. The molecular weight excluding hydrogens is 178 g/mol. The lowest BCUT2D eigenvalue weighted by Crippen LogP contribution is -2.48. The number of rotatable bonds is 2. The predicted octanol–water partition coefficient (Wildman–Crippen LogP) is 0.919. The van der Waals surface area contributed by atoms with Crippen molar-refractivity contribution >= 4 is 6.03 Å². The molecule has 0 aromatic carbocycles. The Hall–Kier alpha value is -0.770. The lowest BCUT2D eigenvalue weighted by Gasteiger charge is -2.28. The number of urea groups is 1. The smallest absolute Gasteiger partial charge is 0.317 e. The van der Waals surface area contributed by atoms with E-state index < -0.39 is 0 Å². The minimum absolute atomic E-state index is 0.0462. The van der Waals surface area contributed by atoms with Gasteiger partial charge in [0.2, 0.25) is 0 Å². The monoisotopic (exact) mass is 199 g/mol. The Morgan fingerprint density at radius 1 is 1.50 bits per heavy atom. The number of nitrogens with one attached hydrogen (secondary N) is 1. The Labute approximate surface area is 85.8 Å². The Morgan fingerprint density at radius 2 is 2.29 bits per heavy atom. The third-order valence-corrected chi connectivity index (χ3v) is 2.74. The van der Waals surface area contributed by atoms with Gasteiger partial charge in [0.1, 0.15) is 0 Å². The Balaban J connectivity index is 2.55. The summed E-state index contributed by atoms with van der Waals surface area (Å²) in [6.07, 6.45) is 4.56. The minimum Gasteiger partial charge on any atom is -0.338 e. The van der Waals surface area contributed by atoms with Gasteiger partial charge in [-0.15, -0.1) is 0 Å². The molecule has 1 atom stereocenters. The molecule has 0 saturated carbocycles. The van der Waals surface area contributed by atoms with Crippen molar-refractivity contribution in [3.63, 3.8) is 0 Å². The zero-order valence-electron chi connectivity index (χ0n) is 8.96. The molecule has 0 bridgehead atoms. The highest BCUT2D eigenvalue weighted by Gasteiger charge is 2.23. The second kappa shape index (κ2) is 5.86. The first-order chi connectivity index (χ1) is 6.79. The van der Waals surface area contributed by atoms with Crippen LogP contribution in [0.2, 0.25) is 0 Å². The van der Waals surface area contributed by atoms with Gasteiger partial charge < -0.3 is 16.0 Å². The topological polar surface area (TPSA) is 58.4 Å². The molecular formula is C10H21N3O. The van der Waals surface area contributed by atoms with Crippen LogP contribution in [-0.4, -0.2) is 36.6 Å². The summed E-state index contributed by atoms with van der Waals surface area (Å²) in [5, 5.41) is 2.84. The number of nitrogens with two attached hydrogens (primary N) is 1. The number of amides is 2. The van der Waals surface area contributed by atoms with Crippen LogP contribution in [0.1, 0.15) is 32.6 Å². The molecule has 1 rings (SSSR count). The number of likely N-dealkylation sites (tertiary alicyclic amines) is 1. The summed E-state index contributed by atoms with van der Waals surface area (Å²) in [5.74, 6) is 0. The van der Waals surface area contributed by atoms with E-state index in [1.165, 1.54) is 12.8 Å². The van der Waals surface area contributed by atoms with Crippen molar-refractivity contribution in [3.05, 3.63) is 0 Å². The lowest BCUT2D eigenvalue weighted by molar-refractivity contribution is 0.178. The van der Waals surface area contributed by atoms with Gasteiger partial charge in [-0.2, -0.15) is 0 Å². The van der Waals surface area contributed by atoms with Gasteiger partial charge in [0.15, 0.2) is 0 Å². The van der Waals surface area contributed by atoms with Crippen molar-refractivity contribution in [1.82, 2.24) is 10.2 Å². The fourth-order valence-electron chi connectivity index (χ4n) is 1.94. The van der Waals surface area contributed by atoms with Crippen molar-refractivity contribution in [2.45, 2.75) is 38.6 Å². The molecule has 1 saturated heterocycles.